The summed E-state index contributed by atoms with van der Waals surface area (Å²) in [5.41, 5.74) is -5.42. The van der Waals surface area contributed by atoms with Gasteiger partial charge in [-0.15, -0.1) is 0 Å². The van der Waals surface area contributed by atoms with Crippen LogP contribution >= 0.6 is 0 Å². The molecule has 0 aliphatic carbocycles. The van der Waals surface area contributed by atoms with Gasteiger partial charge in [-0.1, -0.05) is 0 Å². The maximum Gasteiger partial charge on any atom is 0.308 e. The molecule has 0 bridgehead atoms. The first-order chi connectivity index (χ1) is 23.9. The molecule has 1 unspecified atom stereocenters. The van der Waals surface area contributed by atoms with Gasteiger partial charge in [-0.05, 0) is 31.2 Å². The number of benzene rings is 2. The number of ether oxygens (including phenoxy) is 5. The van der Waals surface area contributed by atoms with E-state index in [4.69, 9.17) is 33.2 Å². The van der Waals surface area contributed by atoms with Crippen molar-refractivity contribution in [3.8, 4) is 34.3 Å². The van der Waals surface area contributed by atoms with E-state index in [9.17, 15) is 60.3 Å². The molecule has 19 heteroatoms. The number of fused-ring (bicyclic) bond motifs is 1. The molecule has 1 aromatic heterocycles. The number of carbonyl (C=O) groups excluding carboxylic acids is 1. The van der Waals surface area contributed by atoms with Gasteiger partial charge in [-0.3, -0.25) is 14.4 Å². The van der Waals surface area contributed by atoms with Crippen molar-refractivity contribution in [2.45, 2.75) is 74.1 Å². The number of phenolic OH excluding ortho intramolecular Hbond substituents is 3. The molecule has 51 heavy (non-hydrogen) atoms. The van der Waals surface area contributed by atoms with E-state index in [1.807, 2.05) is 0 Å². The van der Waals surface area contributed by atoms with Crippen LogP contribution in [0.2, 0.25) is 0 Å². The number of aromatic hydroxyl groups is 3. The van der Waals surface area contributed by atoms with Crippen LogP contribution in [0.3, 0.4) is 0 Å². The number of rotatable bonds is 12. The molecule has 2 fully saturated rings. The number of carbonyl (C=O) groups is 2. The summed E-state index contributed by atoms with van der Waals surface area (Å²) in [6.45, 7) is -1.32. The van der Waals surface area contributed by atoms with Crippen LogP contribution in [0, 0.1) is 0 Å². The lowest BCUT2D eigenvalue weighted by Gasteiger charge is -2.42. The number of aliphatic hydroxyl groups is 6. The van der Waals surface area contributed by atoms with Gasteiger partial charge in [0.2, 0.25) is 17.5 Å². The predicted molar refractivity (Wildman–Crippen MR) is 165 cm³/mol. The molecule has 0 amide bonds. The van der Waals surface area contributed by atoms with Crippen LogP contribution in [-0.4, -0.2) is 137 Å². The first-order valence-electron chi connectivity index (χ1n) is 15.3. The fourth-order valence-corrected chi connectivity index (χ4v) is 5.57. The minimum absolute atomic E-state index is 0.111. The lowest BCUT2D eigenvalue weighted by Crippen LogP contribution is -2.62. The van der Waals surface area contributed by atoms with Crippen molar-refractivity contribution in [3.63, 3.8) is 0 Å². The largest absolute Gasteiger partial charge is 0.508 e. The Morgan fingerprint density at radius 1 is 1.00 bits per heavy atom. The smallest absolute Gasteiger partial charge is 0.308 e. The molecular weight excluding hydrogens is 688 g/mol. The SMILES string of the molecule is CC(O)(CC(=O)O)CC(=O)OC[C@H]1O[C@@H](Oc2c(-c3ccc(O)cc3)oc3cc(O)cc(O)c3c2=O)[C@H](O[C@@H]2OC[C@](O)(CO)[C@H]2O)[C@@H](O)[C@@H]1O. The molecule has 2 aromatic carbocycles. The van der Waals surface area contributed by atoms with Gasteiger partial charge in [-0.25, -0.2) is 0 Å². The van der Waals surface area contributed by atoms with Crippen molar-refractivity contribution < 1.29 is 88.8 Å². The molecule has 278 valence electrons. The Hall–Kier alpha value is -4.57. The first-order valence-corrected chi connectivity index (χ1v) is 15.3. The number of hydrogen-bond acceptors (Lipinski definition) is 18. The van der Waals surface area contributed by atoms with Crippen LogP contribution in [0.1, 0.15) is 19.8 Å². The highest BCUT2D eigenvalue weighted by Crippen LogP contribution is 2.38. The van der Waals surface area contributed by atoms with Crippen molar-refractivity contribution in [3.05, 3.63) is 46.6 Å². The molecule has 2 saturated heterocycles. The van der Waals surface area contributed by atoms with E-state index in [-0.39, 0.29) is 22.7 Å². The Kier molecular flexibility index (Phi) is 10.8. The Bertz CT molecular complexity index is 1800. The standard InChI is InChI=1S/C32H36O19/c1-31(44,8-19(37)38)9-20(39)46-10-18-22(40)24(42)27(51-30-28(43)32(45,11-33)12-47-30)29(49-18)50-26-23(41)21-16(36)6-15(35)7-17(21)48-25(26)13-2-4-14(34)5-3-13/h2-7,18,22,24,27-30,33-36,40,42-45H,8-12H2,1H3,(H,37,38)/t18-,22-,24+,27-,28+,29+,30+,31?,32-/m1/s1. The number of carboxylic acids is 1. The number of aliphatic hydroxyl groups excluding tert-OH is 4. The molecule has 2 aliphatic rings. The molecular formula is C32H36O19. The van der Waals surface area contributed by atoms with Crippen molar-refractivity contribution in [2.75, 3.05) is 19.8 Å². The van der Waals surface area contributed by atoms with Gasteiger partial charge < -0.3 is 79.2 Å². The molecule has 19 nitrogen and oxygen atoms in total. The monoisotopic (exact) mass is 724 g/mol. The van der Waals surface area contributed by atoms with Crippen LogP contribution < -0.4 is 10.2 Å². The van der Waals surface area contributed by atoms with Crippen molar-refractivity contribution in [1.82, 2.24) is 0 Å². The third-order valence-electron chi connectivity index (χ3n) is 8.26. The first kappa shape index (κ1) is 37.7. The number of phenols is 3. The second kappa shape index (κ2) is 14.6. The predicted octanol–water partition coefficient (Wildman–Crippen LogP) is -1.61. The van der Waals surface area contributed by atoms with Crippen LogP contribution in [0.5, 0.6) is 23.0 Å². The van der Waals surface area contributed by atoms with Crippen LogP contribution in [0.4, 0.5) is 0 Å². The van der Waals surface area contributed by atoms with Crippen molar-refractivity contribution in [1.29, 1.82) is 0 Å². The molecule has 2 aliphatic heterocycles. The summed E-state index contributed by atoms with van der Waals surface area (Å²) in [4.78, 5) is 37.4. The number of esters is 1. The van der Waals surface area contributed by atoms with E-state index in [0.29, 0.717) is 0 Å². The molecule has 0 radical (unpaired) electrons. The van der Waals surface area contributed by atoms with Crippen molar-refractivity contribution in [2.24, 2.45) is 0 Å². The van der Waals surface area contributed by atoms with Gasteiger partial charge in [0.1, 0.15) is 64.8 Å². The Balaban J connectivity index is 1.53. The van der Waals surface area contributed by atoms with Gasteiger partial charge in [0.05, 0.1) is 31.7 Å². The molecule has 5 rings (SSSR count). The summed E-state index contributed by atoms with van der Waals surface area (Å²) < 4.78 is 33.7. The van der Waals surface area contributed by atoms with Crippen LogP contribution in [-0.2, 0) is 28.5 Å². The highest BCUT2D eigenvalue weighted by atomic mass is 16.8. The zero-order valence-electron chi connectivity index (χ0n) is 26.7. The Morgan fingerprint density at radius 2 is 1.69 bits per heavy atom. The number of aliphatic carboxylic acids is 1. The zero-order chi connectivity index (χ0) is 37.4. The maximum absolute atomic E-state index is 13.9. The second-order valence-corrected chi connectivity index (χ2v) is 12.5. The third-order valence-corrected chi connectivity index (χ3v) is 8.26. The van der Waals surface area contributed by atoms with Gasteiger partial charge in [0.25, 0.3) is 0 Å². The molecule has 3 aromatic rings. The summed E-state index contributed by atoms with van der Waals surface area (Å²) >= 11 is 0. The van der Waals surface area contributed by atoms with Gasteiger partial charge >= 0.3 is 11.9 Å². The van der Waals surface area contributed by atoms with Gasteiger partial charge in [-0.2, -0.15) is 0 Å². The summed E-state index contributed by atoms with van der Waals surface area (Å²) in [6.07, 6.45) is -14.8. The van der Waals surface area contributed by atoms with E-state index >= 15 is 0 Å². The lowest BCUT2D eigenvalue weighted by atomic mass is 9.97. The zero-order valence-corrected chi connectivity index (χ0v) is 26.7. The Labute approximate surface area is 286 Å². The molecule has 0 saturated carbocycles. The highest BCUT2D eigenvalue weighted by Gasteiger charge is 2.54. The quantitative estimate of drug-likeness (QED) is 0.0939. The van der Waals surface area contributed by atoms with Gasteiger partial charge in [0.15, 0.2) is 18.2 Å². The van der Waals surface area contributed by atoms with Gasteiger partial charge in [0, 0.05) is 17.7 Å². The number of hydrogen-bond donors (Lipinski definition) is 10. The van der Waals surface area contributed by atoms with E-state index in [1.54, 1.807) is 0 Å². The average molecular weight is 725 g/mol. The fourth-order valence-electron chi connectivity index (χ4n) is 5.57. The maximum atomic E-state index is 13.9. The van der Waals surface area contributed by atoms with E-state index in [2.05, 4.69) is 0 Å². The normalized spacial score (nSPS) is 29.0. The number of carboxylic acid groups (broad SMARTS) is 1. The summed E-state index contributed by atoms with van der Waals surface area (Å²) in [5, 5.41) is 102. The van der Waals surface area contributed by atoms with Crippen LogP contribution in [0.15, 0.2) is 45.6 Å². The molecule has 0 spiro atoms. The summed E-state index contributed by atoms with van der Waals surface area (Å²) in [5.74, 6) is -4.90. The topological polar surface area (TPSA) is 313 Å². The summed E-state index contributed by atoms with van der Waals surface area (Å²) in [7, 11) is 0. The average Bonchev–Trinajstić information content (AvgIpc) is 3.33. The Morgan fingerprint density at radius 3 is 2.31 bits per heavy atom. The second-order valence-electron chi connectivity index (χ2n) is 12.5. The van der Waals surface area contributed by atoms with E-state index in [0.717, 1.165) is 19.1 Å². The van der Waals surface area contributed by atoms with Crippen molar-refractivity contribution >= 4 is 22.9 Å². The van der Waals surface area contributed by atoms with E-state index < -0.39 is 127 Å². The minimum atomic E-state index is -2.19. The summed E-state index contributed by atoms with van der Waals surface area (Å²) in [6, 6.07) is 7.02. The highest BCUT2D eigenvalue weighted by molar-refractivity contribution is 5.88. The molecule has 9 atom stereocenters. The van der Waals surface area contributed by atoms with Crippen LogP contribution in [0.25, 0.3) is 22.3 Å². The third kappa shape index (κ3) is 8.01. The molecule has 3 heterocycles. The molecule has 10 N–H and O–H groups in total. The lowest BCUT2D eigenvalue weighted by molar-refractivity contribution is -0.319. The fraction of sp³-hybridized carbons (Fsp3) is 0.469. The minimum Gasteiger partial charge on any atom is -0.508 e. The van der Waals surface area contributed by atoms with E-state index in [1.165, 1.54) is 24.3 Å².